The normalized spacial score (nSPS) is 15.1. The number of ether oxygens (including phenoxy) is 1. The van der Waals surface area contributed by atoms with Crippen LogP contribution >= 0.6 is 0 Å². The first-order chi connectivity index (χ1) is 8.22. The predicted octanol–water partition coefficient (Wildman–Crippen LogP) is 1.78. The third-order valence-electron chi connectivity index (χ3n) is 3.00. The summed E-state index contributed by atoms with van der Waals surface area (Å²) in [6.07, 6.45) is 1.04. The molecule has 0 radical (unpaired) electrons. The van der Waals surface area contributed by atoms with Crippen LogP contribution in [-0.2, 0) is 24.3 Å². The van der Waals surface area contributed by atoms with Crippen molar-refractivity contribution in [1.82, 2.24) is 15.3 Å². The number of fused-ring (bicyclic) bond motifs is 1. The van der Waals surface area contributed by atoms with Crippen molar-refractivity contribution in [2.24, 2.45) is 0 Å². The Morgan fingerprint density at radius 3 is 2.88 bits per heavy atom. The van der Waals surface area contributed by atoms with Crippen LogP contribution in [0.15, 0.2) is 0 Å². The van der Waals surface area contributed by atoms with Crippen LogP contribution in [0.4, 0.5) is 0 Å². The predicted molar refractivity (Wildman–Crippen MR) is 66.9 cm³/mol. The molecule has 2 rings (SSSR count). The molecule has 1 N–H and O–H groups in total. The Labute approximate surface area is 103 Å². The summed E-state index contributed by atoms with van der Waals surface area (Å²) in [5, 5.41) is 3.36. The fourth-order valence-electron chi connectivity index (χ4n) is 2.18. The molecule has 1 aliphatic heterocycles. The first-order valence-corrected chi connectivity index (χ1v) is 6.39. The van der Waals surface area contributed by atoms with Gasteiger partial charge in [0.05, 0.1) is 11.4 Å². The van der Waals surface area contributed by atoms with Gasteiger partial charge in [-0.3, -0.25) is 0 Å². The highest BCUT2D eigenvalue weighted by Crippen LogP contribution is 2.22. The lowest BCUT2D eigenvalue weighted by Crippen LogP contribution is -2.27. The maximum Gasteiger partial charge on any atom is 0.154 e. The van der Waals surface area contributed by atoms with E-state index in [0.717, 1.165) is 31.0 Å². The van der Waals surface area contributed by atoms with Crippen molar-refractivity contribution in [2.75, 3.05) is 13.2 Å². The molecule has 1 aromatic heterocycles. The van der Waals surface area contributed by atoms with Crippen LogP contribution in [-0.4, -0.2) is 23.1 Å². The van der Waals surface area contributed by atoms with Crippen molar-refractivity contribution in [3.8, 4) is 0 Å². The van der Waals surface area contributed by atoms with Gasteiger partial charge >= 0.3 is 0 Å². The van der Waals surface area contributed by atoms with Crippen LogP contribution in [0, 0.1) is 0 Å². The van der Waals surface area contributed by atoms with E-state index in [9.17, 15) is 0 Å². The van der Waals surface area contributed by atoms with E-state index in [1.165, 1.54) is 11.3 Å². The fourth-order valence-corrected chi connectivity index (χ4v) is 2.18. The molecule has 4 heteroatoms. The highest BCUT2D eigenvalue weighted by molar-refractivity contribution is 5.30. The van der Waals surface area contributed by atoms with Gasteiger partial charge in [0.1, 0.15) is 6.61 Å². The van der Waals surface area contributed by atoms with Gasteiger partial charge in [0, 0.05) is 13.2 Å². The van der Waals surface area contributed by atoms with Crippen molar-refractivity contribution in [1.29, 1.82) is 0 Å². The zero-order chi connectivity index (χ0) is 12.3. The number of nitrogens with zero attached hydrogens (tertiary/aromatic N) is 2. The van der Waals surface area contributed by atoms with Gasteiger partial charge in [-0.05, 0) is 31.4 Å². The van der Waals surface area contributed by atoms with Gasteiger partial charge in [-0.15, -0.1) is 0 Å². The lowest BCUT2D eigenvalue weighted by molar-refractivity contribution is 0.127. The van der Waals surface area contributed by atoms with Crippen molar-refractivity contribution in [2.45, 2.75) is 46.3 Å². The Morgan fingerprint density at radius 1 is 1.35 bits per heavy atom. The zero-order valence-corrected chi connectivity index (χ0v) is 10.9. The van der Waals surface area contributed by atoms with Crippen molar-refractivity contribution >= 4 is 0 Å². The summed E-state index contributed by atoms with van der Waals surface area (Å²) >= 11 is 0. The largest absolute Gasteiger partial charge is 0.374 e. The summed E-state index contributed by atoms with van der Waals surface area (Å²) < 4.78 is 5.40. The minimum absolute atomic E-state index is 0.449. The Bertz CT molecular complexity index is 390. The minimum atomic E-state index is 0.449. The average Bonchev–Trinajstić information content (AvgIpc) is 2.35. The van der Waals surface area contributed by atoms with E-state index in [4.69, 9.17) is 4.74 Å². The van der Waals surface area contributed by atoms with Crippen LogP contribution in [0.2, 0.25) is 0 Å². The molecule has 4 nitrogen and oxygen atoms in total. The second-order valence-corrected chi connectivity index (χ2v) is 4.67. The van der Waals surface area contributed by atoms with Crippen LogP contribution in [0.25, 0.3) is 0 Å². The molecule has 94 valence electrons. The minimum Gasteiger partial charge on any atom is -0.374 e. The first-order valence-electron chi connectivity index (χ1n) is 6.39. The van der Waals surface area contributed by atoms with E-state index in [2.05, 4.69) is 29.1 Å². The monoisotopic (exact) mass is 235 g/mol. The third-order valence-corrected chi connectivity index (χ3v) is 3.00. The highest BCUT2D eigenvalue weighted by atomic mass is 16.5. The first kappa shape index (κ1) is 12.5. The average molecular weight is 235 g/mol. The molecule has 0 aromatic carbocycles. The number of aromatic nitrogens is 2. The summed E-state index contributed by atoms with van der Waals surface area (Å²) in [4.78, 5) is 9.25. The Balaban J connectivity index is 2.34. The SMILES string of the molecule is CCOCc1nc2c(c(C(C)C)n1)CCNC2. The van der Waals surface area contributed by atoms with E-state index < -0.39 is 0 Å². The Hall–Kier alpha value is -1.00. The Kier molecular flexibility index (Phi) is 4.07. The molecule has 0 saturated carbocycles. The molecule has 0 unspecified atom stereocenters. The van der Waals surface area contributed by atoms with Gasteiger partial charge < -0.3 is 10.1 Å². The number of rotatable bonds is 4. The quantitative estimate of drug-likeness (QED) is 0.864. The van der Waals surface area contributed by atoms with E-state index in [1.807, 2.05) is 6.92 Å². The zero-order valence-electron chi connectivity index (χ0n) is 10.9. The highest BCUT2D eigenvalue weighted by Gasteiger charge is 2.18. The smallest absolute Gasteiger partial charge is 0.154 e. The molecule has 17 heavy (non-hydrogen) atoms. The topological polar surface area (TPSA) is 47.0 Å². The third kappa shape index (κ3) is 2.82. The van der Waals surface area contributed by atoms with Gasteiger partial charge in [-0.25, -0.2) is 9.97 Å². The van der Waals surface area contributed by atoms with E-state index in [-0.39, 0.29) is 0 Å². The summed E-state index contributed by atoms with van der Waals surface area (Å²) in [5.74, 6) is 1.27. The van der Waals surface area contributed by atoms with Gasteiger partial charge in [-0.2, -0.15) is 0 Å². The molecule has 0 fully saturated rings. The summed E-state index contributed by atoms with van der Waals surface area (Å²) in [6, 6.07) is 0. The molecule has 0 bridgehead atoms. The molecule has 0 amide bonds. The van der Waals surface area contributed by atoms with Gasteiger partial charge in [0.15, 0.2) is 5.82 Å². The van der Waals surface area contributed by atoms with Crippen LogP contribution < -0.4 is 5.32 Å². The van der Waals surface area contributed by atoms with E-state index >= 15 is 0 Å². The lowest BCUT2D eigenvalue weighted by atomic mass is 9.97. The number of nitrogens with one attached hydrogen (secondary N) is 1. The molecular formula is C13H21N3O. The molecule has 1 aliphatic rings. The summed E-state index contributed by atoms with van der Waals surface area (Å²) in [5.41, 5.74) is 3.70. The molecule has 0 atom stereocenters. The van der Waals surface area contributed by atoms with E-state index in [1.54, 1.807) is 0 Å². The summed E-state index contributed by atoms with van der Waals surface area (Å²) in [7, 11) is 0. The molecule has 1 aromatic rings. The molecular weight excluding hydrogens is 214 g/mol. The van der Waals surface area contributed by atoms with Gasteiger partial charge in [0.2, 0.25) is 0 Å². The second-order valence-electron chi connectivity index (χ2n) is 4.67. The maximum absolute atomic E-state index is 5.40. The van der Waals surface area contributed by atoms with Crippen LogP contribution in [0.3, 0.4) is 0 Å². The van der Waals surface area contributed by atoms with Crippen LogP contribution in [0.1, 0.15) is 49.5 Å². The number of hydrogen-bond donors (Lipinski definition) is 1. The Morgan fingerprint density at radius 2 is 2.18 bits per heavy atom. The fraction of sp³-hybridized carbons (Fsp3) is 0.692. The lowest BCUT2D eigenvalue weighted by Gasteiger charge is -2.21. The molecule has 2 heterocycles. The van der Waals surface area contributed by atoms with Gasteiger partial charge in [-0.1, -0.05) is 13.8 Å². The molecule has 0 spiro atoms. The molecule has 0 saturated heterocycles. The van der Waals surface area contributed by atoms with Crippen molar-refractivity contribution in [3.05, 3.63) is 22.8 Å². The van der Waals surface area contributed by atoms with Crippen LogP contribution in [0.5, 0.6) is 0 Å². The molecule has 0 aliphatic carbocycles. The van der Waals surface area contributed by atoms with E-state index in [0.29, 0.717) is 19.1 Å². The maximum atomic E-state index is 5.40. The van der Waals surface area contributed by atoms with Crippen molar-refractivity contribution < 1.29 is 4.74 Å². The second kappa shape index (κ2) is 5.56. The van der Waals surface area contributed by atoms with Crippen molar-refractivity contribution in [3.63, 3.8) is 0 Å². The summed E-state index contributed by atoms with van der Waals surface area (Å²) in [6.45, 7) is 9.48. The van der Waals surface area contributed by atoms with Gasteiger partial charge in [0.25, 0.3) is 0 Å². The standard InChI is InChI=1S/C13H21N3O/c1-4-17-8-12-15-11-7-14-6-5-10(11)13(16-12)9(2)3/h9,14H,4-8H2,1-3H3. The number of hydrogen-bond acceptors (Lipinski definition) is 4.